The van der Waals surface area contributed by atoms with E-state index < -0.39 is 0 Å². The van der Waals surface area contributed by atoms with Crippen molar-refractivity contribution in [1.82, 2.24) is 10.3 Å². The minimum Gasteiger partial charge on any atom is -0.348 e. The summed E-state index contributed by atoms with van der Waals surface area (Å²) in [5.41, 5.74) is 1.74. The molecule has 1 saturated carbocycles. The zero-order chi connectivity index (χ0) is 20.1. The zero-order valence-corrected chi connectivity index (χ0v) is 17.6. The van der Waals surface area contributed by atoms with Gasteiger partial charge in [-0.15, -0.1) is 0 Å². The van der Waals surface area contributed by atoms with Gasteiger partial charge in [-0.1, -0.05) is 57.2 Å². The van der Waals surface area contributed by atoms with Crippen molar-refractivity contribution in [2.75, 3.05) is 0 Å². The predicted octanol–water partition coefficient (Wildman–Crippen LogP) is 5.32. The smallest absolute Gasteiger partial charge is 0.247 e. The van der Waals surface area contributed by atoms with Crippen molar-refractivity contribution in [3.05, 3.63) is 66.0 Å². The fourth-order valence-corrected chi connectivity index (χ4v) is 5.13. The Morgan fingerprint density at radius 3 is 2.82 bits per heavy atom. The first-order chi connectivity index (χ1) is 13.5. The Morgan fingerprint density at radius 1 is 1.25 bits per heavy atom. The first-order valence-electron chi connectivity index (χ1n) is 10.7. The van der Waals surface area contributed by atoms with Gasteiger partial charge in [0.1, 0.15) is 0 Å². The van der Waals surface area contributed by atoms with Crippen LogP contribution in [-0.4, -0.2) is 10.9 Å². The maximum absolute atomic E-state index is 12.3. The molecule has 0 spiro atoms. The number of fused-ring (bicyclic) bond motifs is 1. The quantitative estimate of drug-likeness (QED) is 0.428. The van der Waals surface area contributed by atoms with E-state index in [-0.39, 0.29) is 5.91 Å². The summed E-state index contributed by atoms with van der Waals surface area (Å²) in [5.74, 6) is 4.09. The number of nitrogens with one attached hydrogen (secondary N) is 1. The molecule has 1 heterocycles. The van der Waals surface area contributed by atoms with Gasteiger partial charge >= 0.3 is 0 Å². The number of hydrogen-bond acceptors (Lipinski definition) is 2. The van der Waals surface area contributed by atoms with Crippen LogP contribution < -0.4 is 5.32 Å². The molecule has 1 N–H and O–H groups in total. The molecule has 0 saturated heterocycles. The van der Waals surface area contributed by atoms with Crippen LogP contribution in [0.2, 0.25) is 0 Å². The third-order valence-electron chi connectivity index (χ3n) is 6.53. The largest absolute Gasteiger partial charge is 0.348 e. The number of aromatic nitrogens is 1. The van der Waals surface area contributed by atoms with E-state index in [4.69, 9.17) is 0 Å². The highest BCUT2D eigenvalue weighted by atomic mass is 16.1. The Balaban J connectivity index is 1.61. The summed E-state index contributed by atoms with van der Waals surface area (Å²) in [7, 11) is 0. The number of nitrogens with zero attached hydrogens (tertiary/aromatic N) is 1. The minimum atomic E-state index is -0.0252. The van der Waals surface area contributed by atoms with E-state index in [1.807, 2.05) is 25.1 Å². The molecule has 0 radical (unpaired) electrons. The third-order valence-corrected chi connectivity index (χ3v) is 6.53. The summed E-state index contributed by atoms with van der Waals surface area (Å²) in [4.78, 5) is 16.4. The number of carbonyl (C=O) groups is 1. The second-order valence-corrected chi connectivity index (χ2v) is 8.89. The summed E-state index contributed by atoms with van der Waals surface area (Å²) in [6, 6.07) is 3.85. The molecular weight excluding hydrogens is 344 g/mol. The maximum Gasteiger partial charge on any atom is 0.247 e. The van der Waals surface area contributed by atoms with Crippen molar-refractivity contribution in [3.63, 3.8) is 0 Å². The van der Waals surface area contributed by atoms with E-state index in [1.54, 1.807) is 12.4 Å². The number of rotatable bonds is 5. The van der Waals surface area contributed by atoms with Gasteiger partial charge in [0.2, 0.25) is 5.91 Å². The molecule has 6 atom stereocenters. The molecular formula is C25H34N2O. The molecule has 3 nitrogen and oxygen atoms in total. The van der Waals surface area contributed by atoms with Crippen LogP contribution in [-0.2, 0) is 11.3 Å². The molecule has 0 unspecified atom stereocenters. The van der Waals surface area contributed by atoms with Crippen molar-refractivity contribution in [1.29, 1.82) is 0 Å². The van der Waals surface area contributed by atoms with Gasteiger partial charge in [-0.05, 0) is 66.9 Å². The lowest BCUT2D eigenvalue weighted by Crippen LogP contribution is -2.38. The molecule has 0 aromatic carbocycles. The van der Waals surface area contributed by atoms with E-state index in [1.165, 1.54) is 12.8 Å². The Labute approximate surface area is 170 Å². The van der Waals surface area contributed by atoms with Crippen LogP contribution in [0.5, 0.6) is 0 Å². The van der Waals surface area contributed by atoms with Gasteiger partial charge < -0.3 is 5.32 Å². The van der Waals surface area contributed by atoms with Gasteiger partial charge in [-0.25, -0.2) is 0 Å². The molecule has 3 rings (SSSR count). The Morgan fingerprint density at radius 2 is 2.07 bits per heavy atom. The summed E-state index contributed by atoms with van der Waals surface area (Å²) in [6.07, 6.45) is 17.4. The monoisotopic (exact) mass is 378 g/mol. The predicted molar refractivity (Wildman–Crippen MR) is 115 cm³/mol. The Hall–Kier alpha value is -2.16. The number of pyridine rings is 1. The fraction of sp³-hybridized carbons (Fsp3) is 0.520. The van der Waals surface area contributed by atoms with Crippen LogP contribution in [0.25, 0.3) is 0 Å². The highest BCUT2D eigenvalue weighted by Crippen LogP contribution is 2.48. The number of allylic oxidation sites excluding steroid dienone is 5. The molecule has 1 amide bonds. The second kappa shape index (κ2) is 9.36. The van der Waals surface area contributed by atoms with Crippen LogP contribution in [0.4, 0.5) is 0 Å². The summed E-state index contributed by atoms with van der Waals surface area (Å²) in [5, 5.41) is 2.96. The maximum atomic E-state index is 12.3. The van der Waals surface area contributed by atoms with Crippen LogP contribution in [0.3, 0.4) is 0 Å². The summed E-state index contributed by atoms with van der Waals surface area (Å²) >= 11 is 0. The molecule has 2 aliphatic carbocycles. The molecule has 0 aliphatic heterocycles. The van der Waals surface area contributed by atoms with Crippen LogP contribution in [0.1, 0.15) is 46.1 Å². The van der Waals surface area contributed by atoms with E-state index in [2.05, 4.69) is 55.4 Å². The van der Waals surface area contributed by atoms with Crippen molar-refractivity contribution < 1.29 is 4.79 Å². The molecule has 1 fully saturated rings. The lowest BCUT2D eigenvalue weighted by molar-refractivity contribution is -0.117. The number of amides is 1. The van der Waals surface area contributed by atoms with E-state index in [0.717, 1.165) is 28.9 Å². The molecule has 3 heteroatoms. The lowest BCUT2D eigenvalue weighted by Gasteiger charge is -2.46. The van der Waals surface area contributed by atoms with Gasteiger partial charge in [-0.2, -0.15) is 0 Å². The first-order valence-corrected chi connectivity index (χ1v) is 10.7. The fourth-order valence-electron chi connectivity index (χ4n) is 5.13. The van der Waals surface area contributed by atoms with Crippen molar-refractivity contribution in [3.8, 4) is 0 Å². The molecule has 0 bridgehead atoms. The average Bonchev–Trinajstić information content (AvgIpc) is 2.68. The van der Waals surface area contributed by atoms with Gasteiger partial charge in [-0.3, -0.25) is 9.78 Å². The van der Waals surface area contributed by atoms with Gasteiger partial charge in [0.05, 0.1) is 0 Å². The van der Waals surface area contributed by atoms with Gasteiger partial charge in [0, 0.05) is 24.5 Å². The molecule has 2 aliphatic rings. The van der Waals surface area contributed by atoms with Crippen LogP contribution in [0, 0.1) is 35.5 Å². The summed E-state index contributed by atoms with van der Waals surface area (Å²) in [6.45, 7) is 9.52. The topological polar surface area (TPSA) is 42.0 Å². The standard InChI is InChI=1S/C25H34N2O/c1-17-13-20(4)24-22(14-17)11-10-18(2)23(24)9-5-7-19(3)25(28)27-16-21-8-6-12-26-15-21/h5-12,15,17-18,20,22-24H,13-14,16H2,1-4H3,(H,27,28)/b9-5+,19-7+/t17-,18+,20+,22+,23-,24-/m0/s1. The summed E-state index contributed by atoms with van der Waals surface area (Å²) < 4.78 is 0. The van der Waals surface area contributed by atoms with Crippen LogP contribution >= 0.6 is 0 Å². The van der Waals surface area contributed by atoms with Gasteiger partial charge in [0.15, 0.2) is 0 Å². The number of hydrogen-bond donors (Lipinski definition) is 1. The lowest BCUT2D eigenvalue weighted by atomic mass is 9.59. The van der Waals surface area contributed by atoms with Crippen molar-refractivity contribution in [2.24, 2.45) is 35.5 Å². The van der Waals surface area contributed by atoms with E-state index in [0.29, 0.717) is 24.3 Å². The SMILES string of the molecule is C/C(=C\C=C\[C@@H]1[C@H]2[C@H](C)C[C@H](C)C[C@H]2C=C[C@H]1C)C(=O)NCc1cccnc1. The van der Waals surface area contributed by atoms with E-state index >= 15 is 0 Å². The number of carbonyl (C=O) groups excluding carboxylic acids is 1. The van der Waals surface area contributed by atoms with E-state index in [9.17, 15) is 4.79 Å². The Bertz CT molecular complexity index is 749. The molecule has 1 aromatic rings. The highest BCUT2D eigenvalue weighted by molar-refractivity contribution is 5.92. The minimum absolute atomic E-state index is 0.0252. The van der Waals surface area contributed by atoms with Crippen molar-refractivity contribution in [2.45, 2.75) is 47.1 Å². The Kier molecular flexibility index (Phi) is 6.88. The normalized spacial score (nSPS) is 32.9. The second-order valence-electron chi connectivity index (χ2n) is 8.89. The molecule has 1 aromatic heterocycles. The first kappa shape index (κ1) is 20.6. The van der Waals surface area contributed by atoms with Crippen LogP contribution in [0.15, 0.2) is 60.5 Å². The third kappa shape index (κ3) is 5.01. The zero-order valence-electron chi connectivity index (χ0n) is 17.6. The average molecular weight is 379 g/mol. The molecule has 150 valence electrons. The highest BCUT2D eigenvalue weighted by Gasteiger charge is 2.40. The van der Waals surface area contributed by atoms with Gasteiger partial charge in [0.25, 0.3) is 0 Å². The molecule has 28 heavy (non-hydrogen) atoms. The van der Waals surface area contributed by atoms with Crippen molar-refractivity contribution >= 4 is 5.91 Å².